The smallest absolute Gasteiger partial charge is 0.320 e. The molecule has 102 valence electrons. The maximum absolute atomic E-state index is 12.1. The fourth-order valence-electron chi connectivity index (χ4n) is 2.26. The lowest BCUT2D eigenvalue weighted by molar-refractivity contribution is 0.0952. The van der Waals surface area contributed by atoms with Gasteiger partial charge < -0.3 is 9.80 Å². The van der Waals surface area contributed by atoms with Crippen molar-refractivity contribution in [2.45, 2.75) is 19.8 Å². The Morgan fingerprint density at radius 1 is 1.21 bits per heavy atom. The lowest BCUT2D eigenvalue weighted by Crippen LogP contribution is -2.33. The average Bonchev–Trinajstić information content (AvgIpc) is 2.72. The van der Waals surface area contributed by atoms with Crippen LogP contribution < -0.4 is 0 Å². The van der Waals surface area contributed by atoms with E-state index in [9.17, 15) is 9.59 Å². The molecular formula is C15H20N2O2. The molecule has 0 unspecified atom stereocenters. The molecule has 0 atom stereocenters. The fourth-order valence-corrected chi connectivity index (χ4v) is 2.26. The number of aryl methyl sites for hydroxylation is 1. The van der Waals surface area contributed by atoms with Gasteiger partial charge in [0.2, 0.25) is 0 Å². The Hall–Kier alpha value is -1.84. The molecule has 0 aliphatic carbocycles. The highest BCUT2D eigenvalue weighted by Crippen LogP contribution is 2.11. The first-order valence-electron chi connectivity index (χ1n) is 6.74. The first kappa shape index (κ1) is 13.6. The van der Waals surface area contributed by atoms with E-state index in [1.54, 1.807) is 16.8 Å². The number of benzene rings is 1. The molecule has 4 heteroatoms. The zero-order chi connectivity index (χ0) is 13.8. The summed E-state index contributed by atoms with van der Waals surface area (Å²) in [4.78, 5) is 27.1. The SMILES string of the molecule is CCCc1ccc(C(=O)CN2CCN(C)C2=O)cc1. The third-order valence-electron chi connectivity index (χ3n) is 3.45. The number of ketones is 1. The molecule has 0 bridgehead atoms. The van der Waals surface area contributed by atoms with Gasteiger partial charge in [-0.2, -0.15) is 0 Å². The molecule has 0 spiro atoms. The second kappa shape index (κ2) is 5.87. The van der Waals surface area contributed by atoms with E-state index >= 15 is 0 Å². The summed E-state index contributed by atoms with van der Waals surface area (Å²) in [7, 11) is 1.76. The number of hydrogen-bond donors (Lipinski definition) is 0. The second-order valence-corrected chi connectivity index (χ2v) is 5.00. The standard InChI is InChI=1S/C15H20N2O2/c1-3-4-12-5-7-13(8-6-12)14(18)11-17-10-9-16(2)15(17)19/h5-8H,3-4,9-11H2,1-2H3. The summed E-state index contributed by atoms with van der Waals surface area (Å²) < 4.78 is 0. The van der Waals surface area contributed by atoms with Crippen molar-refractivity contribution in [1.82, 2.24) is 9.80 Å². The van der Waals surface area contributed by atoms with E-state index < -0.39 is 0 Å². The van der Waals surface area contributed by atoms with Gasteiger partial charge in [0.25, 0.3) is 0 Å². The van der Waals surface area contributed by atoms with Crippen LogP contribution in [-0.2, 0) is 6.42 Å². The topological polar surface area (TPSA) is 40.6 Å². The van der Waals surface area contributed by atoms with Gasteiger partial charge >= 0.3 is 6.03 Å². The predicted molar refractivity (Wildman–Crippen MR) is 74.4 cm³/mol. The van der Waals surface area contributed by atoms with Gasteiger partial charge in [0, 0.05) is 25.7 Å². The Morgan fingerprint density at radius 2 is 1.89 bits per heavy atom. The number of rotatable bonds is 5. The van der Waals surface area contributed by atoms with Crippen LogP contribution in [0.25, 0.3) is 0 Å². The molecule has 0 N–H and O–H groups in total. The lowest BCUT2D eigenvalue weighted by atomic mass is 10.1. The molecule has 19 heavy (non-hydrogen) atoms. The molecule has 2 rings (SSSR count). The number of likely N-dealkylation sites (N-methyl/N-ethyl adjacent to an activating group) is 1. The van der Waals surface area contributed by atoms with Crippen LogP contribution in [0, 0.1) is 0 Å². The fraction of sp³-hybridized carbons (Fsp3) is 0.467. The molecule has 1 aromatic rings. The summed E-state index contributed by atoms with van der Waals surface area (Å²) >= 11 is 0. The van der Waals surface area contributed by atoms with Gasteiger partial charge in [-0.15, -0.1) is 0 Å². The largest absolute Gasteiger partial charge is 0.326 e. The summed E-state index contributed by atoms with van der Waals surface area (Å²) in [5, 5.41) is 0. The van der Waals surface area contributed by atoms with Crippen LogP contribution in [0.15, 0.2) is 24.3 Å². The van der Waals surface area contributed by atoms with Crippen LogP contribution in [0.1, 0.15) is 29.3 Å². The minimum Gasteiger partial charge on any atom is -0.326 e. The zero-order valence-corrected chi connectivity index (χ0v) is 11.6. The van der Waals surface area contributed by atoms with E-state index in [0.717, 1.165) is 12.8 Å². The van der Waals surface area contributed by atoms with Crippen molar-refractivity contribution in [1.29, 1.82) is 0 Å². The van der Waals surface area contributed by atoms with Gasteiger partial charge in [-0.05, 0) is 12.0 Å². The number of carbonyl (C=O) groups is 2. The zero-order valence-electron chi connectivity index (χ0n) is 11.6. The number of urea groups is 1. The van der Waals surface area contributed by atoms with Crippen molar-refractivity contribution in [2.24, 2.45) is 0 Å². The van der Waals surface area contributed by atoms with Crippen molar-refractivity contribution in [3.8, 4) is 0 Å². The molecule has 1 aromatic carbocycles. The highest BCUT2D eigenvalue weighted by molar-refractivity contribution is 5.99. The maximum Gasteiger partial charge on any atom is 0.320 e. The van der Waals surface area contributed by atoms with E-state index in [-0.39, 0.29) is 18.4 Å². The molecule has 1 aliphatic heterocycles. The van der Waals surface area contributed by atoms with E-state index in [0.29, 0.717) is 18.7 Å². The summed E-state index contributed by atoms with van der Waals surface area (Å²) in [6.07, 6.45) is 2.13. The number of amides is 2. The van der Waals surface area contributed by atoms with Gasteiger partial charge in [-0.3, -0.25) is 4.79 Å². The minimum atomic E-state index is -0.0593. The number of Topliss-reactive ketones (excluding diaryl/α,β-unsaturated/α-hetero) is 1. The Balaban J connectivity index is 1.98. The Morgan fingerprint density at radius 3 is 2.42 bits per heavy atom. The normalized spacial score (nSPS) is 15.2. The molecule has 1 saturated heterocycles. The molecule has 1 aliphatic rings. The summed E-state index contributed by atoms with van der Waals surface area (Å²) in [5.41, 5.74) is 1.93. The van der Waals surface area contributed by atoms with E-state index in [1.807, 2.05) is 24.3 Å². The molecule has 0 saturated carbocycles. The third-order valence-corrected chi connectivity index (χ3v) is 3.45. The summed E-state index contributed by atoms with van der Waals surface area (Å²) in [5.74, 6) is 0.00620. The van der Waals surface area contributed by atoms with E-state index in [4.69, 9.17) is 0 Å². The van der Waals surface area contributed by atoms with Crippen LogP contribution in [0.4, 0.5) is 4.79 Å². The van der Waals surface area contributed by atoms with E-state index in [1.165, 1.54) is 5.56 Å². The van der Waals surface area contributed by atoms with Crippen molar-refractivity contribution in [3.63, 3.8) is 0 Å². The van der Waals surface area contributed by atoms with E-state index in [2.05, 4.69) is 6.92 Å². The van der Waals surface area contributed by atoms with Crippen LogP contribution >= 0.6 is 0 Å². The Labute approximate surface area is 114 Å². The second-order valence-electron chi connectivity index (χ2n) is 5.00. The number of nitrogens with zero attached hydrogens (tertiary/aromatic N) is 2. The van der Waals surface area contributed by atoms with Crippen LogP contribution in [-0.4, -0.2) is 48.3 Å². The summed E-state index contributed by atoms with van der Waals surface area (Å²) in [6.45, 7) is 3.64. The van der Waals surface area contributed by atoms with Gasteiger partial charge in [0.1, 0.15) is 0 Å². The van der Waals surface area contributed by atoms with Crippen LogP contribution in [0.5, 0.6) is 0 Å². The van der Waals surface area contributed by atoms with Gasteiger partial charge in [-0.1, -0.05) is 37.6 Å². The van der Waals surface area contributed by atoms with Crippen LogP contribution in [0.2, 0.25) is 0 Å². The molecule has 2 amide bonds. The summed E-state index contributed by atoms with van der Waals surface area (Å²) in [6, 6.07) is 7.65. The average molecular weight is 260 g/mol. The van der Waals surface area contributed by atoms with Crippen LogP contribution in [0.3, 0.4) is 0 Å². The number of carbonyl (C=O) groups excluding carboxylic acids is 2. The Kier molecular flexibility index (Phi) is 4.20. The van der Waals surface area contributed by atoms with Gasteiger partial charge in [0.15, 0.2) is 5.78 Å². The van der Waals surface area contributed by atoms with Gasteiger partial charge in [-0.25, -0.2) is 4.79 Å². The number of hydrogen-bond acceptors (Lipinski definition) is 2. The first-order valence-corrected chi connectivity index (χ1v) is 6.74. The van der Waals surface area contributed by atoms with Crippen molar-refractivity contribution in [3.05, 3.63) is 35.4 Å². The first-order chi connectivity index (χ1) is 9.11. The molecule has 1 heterocycles. The Bertz CT molecular complexity index is 468. The van der Waals surface area contributed by atoms with Crippen molar-refractivity contribution < 1.29 is 9.59 Å². The van der Waals surface area contributed by atoms with Crippen molar-refractivity contribution >= 4 is 11.8 Å². The molecule has 4 nitrogen and oxygen atoms in total. The molecule has 1 fully saturated rings. The monoisotopic (exact) mass is 260 g/mol. The minimum absolute atomic E-state index is 0.00620. The highest BCUT2D eigenvalue weighted by Gasteiger charge is 2.27. The van der Waals surface area contributed by atoms with Crippen molar-refractivity contribution in [2.75, 3.05) is 26.7 Å². The quantitative estimate of drug-likeness (QED) is 0.761. The molecule has 0 aromatic heterocycles. The van der Waals surface area contributed by atoms with Gasteiger partial charge in [0.05, 0.1) is 6.54 Å². The highest BCUT2D eigenvalue weighted by atomic mass is 16.2. The maximum atomic E-state index is 12.1. The predicted octanol–water partition coefficient (Wildman–Crippen LogP) is 2.19. The lowest BCUT2D eigenvalue weighted by Gasteiger charge is -2.15. The third kappa shape index (κ3) is 3.13. The molecular weight excluding hydrogens is 240 g/mol. The molecule has 0 radical (unpaired) electrons.